The third-order valence-electron chi connectivity index (χ3n) is 1.91. The average Bonchev–Trinajstić information content (AvgIpc) is 2.82. The molecule has 0 atom stereocenters. The summed E-state index contributed by atoms with van der Waals surface area (Å²) in [7, 11) is 1.86. The SMILES string of the molecule is CCCSc1ccsc1-c1nnnn1C. The zero-order chi connectivity index (χ0) is 10.7. The van der Waals surface area contributed by atoms with Gasteiger partial charge in [-0.05, 0) is 34.0 Å². The van der Waals surface area contributed by atoms with Gasteiger partial charge in [-0.3, -0.25) is 0 Å². The fourth-order valence-electron chi connectivity index (χ4n) is 1.21. The minimum Gasteiger partial charge on any atom is -0.228 e. The van der Waals surface area contributed by atoms with Gasteiger partial charge in [-0.15, -0.1) is 28.2 Å². The van der Waals surface area contributed by atoms with Crippen LogP contribution in [0.1, 0.15) is 13.3 Å². The Bertz CT molecular complexity index is 435. The van der Waals surface area contributed by atoms with E-state index in [0.29, 0.717) is 0 Å². The zero-order valence-electron chi connectivity index (χ0n) is 8.67. The van der Waals surface area contributed by atoms with E-state index >= 15 is 0 Å². The van der Waals surface area contributed by atoms with Crippen molar-refractivity contribution in [3.05, 3.63) is 11.4 Å². The van der Waals surface area contributed by atoms with Gasteiger partial charge in [-0.2, -0.15) is 0 Å². The molecule has 0 saturated carbocycles. The lowest BCUT2D eigenvalue weighted by Gasteiger charge is -2.00. The highest BCUT2D eigenvalue weighted by molar-refractivity contribution is 7.99. The van der Waals surface area contributed by atoms with Crippen molar-refractivity contribution >= 4 is 23.1 Å². The second-order valence-corrected chi connectivity index (χ2v) is 5.14. The highest BCUT2D eigenvalue weighted by Gasteiger charge is 2.12. The van der Waals surface area contributed by atoms with Gasteiger partial charge in [-0.1, -0.05) is 6.92 Å². The number of tetrazole rings is 1. The Morgan fingerprint density at radius 2 is 2.40 bits per heavy atom. The quantitative estimate of drug-likeness (QED) is 0.770. The van der Waals surface area contributed by atoms with E-state index in [2.05, 4.69) is 33.9 Å². The summed E-state index contributed by atoms with van der Waals surface area (Å²) in [5, 5.41) is 13.6. The smallest absolute Gasteiger partial charge is 0.192 e. The first-order valence-corrected chi connectivity index (χ1v) is 6.62. The minimum absolute atomic E-state index is 0.851. The van der Waals surface area contributed by atoms with Crippen molar-refractivity contribution in [2.75, 3.05) is 5.75 Å². The Labute approximate surface area is 96.7 Å². The van der Waals surface area contributed by atoms with Crippen LogP contribution in [0.4, 0.5) is 0 Å². The van der Waals surface area contributed by atoms with E-state index in [4.69, 9.17) is 0 Å². The minimum atomic E-state index is 0.851. The second kappa shape index (κ2) is 4.76. The number of thiophene rings is 1. The third-order valence-corrected chi connectivity index (χ3v) is 4.22. The first-order chi connectivity index (χ1) is 7.33. The molecular weight excluding hydrogens is 228 g/mol. The van der Waals surface area contributed by atoms with Gasteiger partial charge in [0.15, 0.2) is 5.82 Å². The molecule has 0 aliphatic heterocycles. The first kappa shape index (κ1) is 10.6. The van der Waals surface area contributed by atoms with Crippen LogP contribution in [0.2, 0.25) is 0 Å². The molecule has 0 unspecified atom stereocenters. The molecule has 0 fully saturated rings. The van der Waals surface area contributed by atoms with Crippen LogP contribution in [0.15, 0.2) is 16.3 Å². The van der Waals surface area contributed by atoms with E-state index in [0.717, 1.165) is 11.6 Å². The van der Waals surface area contributed by atoms with Crippen LogP contribution >= 0.6 is 23.1 Å². The van der Waals surface area contributed by atoms with Gasteiger partial charge in [0.2, 0.25) is 0 Å². The summed E-state index contributed by atoms with van der Waals surface area (Å²) in [5.74, 6) is 1.98. The van der Waals surface area contributed by atoms with E-state index in [9.17, 15) is 0 Å². The van der Waals surface area contributed by atoms with Crippen molar-refractivity contribution < 1.29 is 0 Å². The molecule has 6 heteroatoms. The van der Waals surface area contributed by atoms with Crippen LogP contribution in [0.5, 0.6) is 0 Å². The Hall–Kier alpha value is -0.880. The van der Waals surface area contributed by atoms with Crippen molar-refractivity contribution in [2.45, 2.75) is 18.2 Å². The average molecular weight is 240 g/mol. The molecule has 2 aromatic heterocycles. The number of hydrogen-bond donors (Lipinski definition) is 0. The highest BCUT2D eigenvalue weighted by Crippen LogP contribution is 2.34. The number of aromatic nitrogens is 4. The van der Waals surface area contributed by atoms with Gasteiger partial charge in [0.05, 0.1) is 4.88 Å². The molecule has 0 aliphatic rings. The molecule has 0 amide bonds. The van der Waals surface area contributed by atoms with Crippen molar-refractivity contribution in [1.82, 2.24) is 20.2 Å². The molecule has 2 aromatic rings. The molecule has 0 saturated heterocycles. The molecular formula is C9H12N4S2. The van der Waals surface area contributed by atoms with Crippen molar-refractivity contribution in [1.29, 1.82) is 0 Å². The Morgan fingerprint density at radius 3 is 3.07 bits per heavy atom. The van der Waals surface area contributed by atoms with E-state index in [-0.39, 0.29) is 0 Å². The lowest BCUT2D eigenvalue weighted by Crippen LogP contribution is -1.93. The molecule has 4 nitrogen and oxygen atoms in total. The van der Waals surface area contributed by atoms with Gasteiger partial charge >= 0.3 is 0 Å². The fourth-order valence-corrected chi connectivity index (χ4v) is 3.23. The lowest BCUT2D eigenvalue weighted by molar-refractivity contribution is 0.715. The molecule has 0 radical (unpaired) electrons. The summed E-state index contributed by atoms with van der Waals surface area (Å²) in [6, 6.07) is 2.13. The molecule has 0 N–H and O–H groups in total. The Kier molecular flexibility index (Phi) is 3.37. The number of rotatable bonds is 4. The maximum absolute atomic E-state index is 4.03. The summed E-state index contributed by atoms with van der Waals surface area (Å²) < 4.78 is 1.71. The zero-order valence-corrected chi connectivity index (χ0v) is 10.3. The molecule has 0 bridgehead atoms. The molecule has 2 rings (SSSR count). The van der Waals surface area contributed by atoms with Crippen LogP contribution in [-0.2, 0) is 7.05 Å². The van der Waals surface area contributed by atoms with Crippen LogP contribution in [-0.4, -0.2) is 26.0 Å². The highest BCUT2D eigenvalue weighted by atomic mass is 32.2. The van der Waals surface area contributed by atoms with Crippen LogP contribution in [0.3, 0.4) is 0 Å². The van der Waals surface area contributed by atoms with Gasteiger partial charge in [0.1, 0.15) is 0 Å². The number of aryl methyl sites for hydroxylation is 1. The van der Waals surface area contributed by atoms with Crippen molar-refractivity contribution in [3.8, 4) is 10.7 Å². The molecule has 2 heterocycles. The van der Waals surface area contributed by atoms with Crippen LogP contribution in [0.25, 0.3) is 10.7 Å². The Morgan fingerprint density at radius 1 is 1.53 bits per heavy atom. The molecule has 15 heavy (non-hydrogen) atoms. The summed E-state index contributed by atoms with van der Waals surface area (Å²) in [6.45, 7) is 2.18. The largest absolute Gasteiger partial charge is 0.228 e. The fraction of sp³-hybridized carbons (Fsp3) is 0.444. The second-order valence-electron chi connectivity index (χ2n) is 3.09. The maximum Gasteiger partial charge on any atom is 0.192 e. The number of hydrogen-bond acceptors (Lipinski definition) is 5. The monoisotopic (exact) mass is 240 g/mol. The standard InChI is InChI=1S/C9H12N4S2/c1-3-5-14-7-4-6-15-8(7)9-10-11-12-13(9)2/h4,6H,3,5H2,1-2H3. The van der Waals surface area contributed by atoms with Crippen LogP contribution < -0.4 is 0 Å². The van der Waals surface area contributed by atoms with E-state index in [1.54, 1.807) is 16.0 Å². The third kappa shape index (κ3) is 2.21. The van der Waals surface area contributed by atoms with Crippen molar-refractivity contribution in [3.63, 3.8) is 0 Å². The van der Waals surface area contributed by atoms with Crippen molar-refractivity contribution in [2.24, 2.45) is 7.05 Å². The summed E-state index contributed by atoms with van der Waals surface area (Å²) in [6.07, 6.45) is 1.18. The van der Waals surface area contributed by atoms with E-state index in [1.165, 1.54) is 16.2 Å². The normalized spacial score (nSPS) is 10.8. The summed E-state index contributed by atoms with van der Waals surface area (Å²) >= 11 is 3.55. The number of thioether (sulfide) groups is 1. The first-order valence-electron chi connectivity index (χ1n) is 4.76. The molecule has 80 valence electrons. The summed E-state index contributed by atoms with van der Waals surface area (Å²) in [4.78, 5) is 2.45. The summed E-state index contributed by atoms with van der Waals surface area (Å²) in [5.41, 5.74) is 0. The van der Waals surface area contributed by atoms with Gasteiger partial charge in [-0.25, -0.2) is 4.68 Å². The lowest BCUT2D eigenvalue weighted by atomic mass is 10.4. The van der Waals surface area contributed by atoms with Crippen LogP contribution in [0, 0.1) is 0 Å². The van der Waals surface area contributed by atoms with E-state index in [1.807, 2.05) is 18.8 Å². The molecule has 0 spiro atoms. The molecule has 0 aromatic carbocycles. The van der Waals surface area contributed by atoms with Gasteiger partial charge in [0.25, 0.3) is 0 Å². The van der Waals surface area contributed by atoms with Gasteiger partial charge in [0, 0.05) is 11.9 Å². The molecule has 0 aliphatic carbocycles. The predicted molar refractivity (Wildman–Crippen MR) is 63.1 cm³/mol. The van der Waals surface area contributed by atoms with E-state index < -0.39 is 0 Å². The van der Waals surface area contributed by atoms with Gasteiger partial charge < -0.3 is 0 Å². The predicted octanol–water partition coefficient (Wildman–Crippen LogP) is 2.44. The number of nitrogens with zero attached hydrogens (tertiary/aromatic N) is 4. The topological polar surface area (TPSA) is 43.6 Å². The maximum atomic E-state index is 4.03. The Balaban J connectivity index is 2.29.